The Morgan fingerprint density at radius 3 is 2.07 bits per heavy atom. The van der Waals surface area contributed by atoms with Gasteiger partial charge in [0.25, 0.3) is 10.1 Å². The quantitative estimate of drug-likeness (QED) is 0.594. The Labute approximate surface area is 164 Å². The van der Waals surface area contributed by atoms with Crippen molar-refractivity contribution in [1.29, 1.82) is 0 Å². The number of hydrogen-bond acceptors (Lipinski definition) is 5. The van der Waals surface area contributed by atoms with Crippen LogP contribution in [0.1, 0.15) is 23.6 Å². The second-order valence-electron chi connectivity index (χ2n) is 7.19. The van der Waals surface area contributed by atoms with Gasteiger partial charge in [0.2, 0.25) is 0 Å². The van der Waals surface area contributed by atoms with Gasteiger partial charge in [-0.1, -0.05) is 66.7 Å². The molecule has 7 heteroatoms. The van der Waals surface area contributed by atoms with Gasteiger partial charge in [-0.05, 0) is 11.1 Å². The molecule has 0 saturated carbocycles. The zero-order valence-electron chi connectivity index (χ0n) is 15.3. The fourth-order valence-electron chi connectivity index (χ4n) is 4.12. The molecule has 1 aliphatic carbocycles. The largest absolute Gasteiger partial charge is 0.478 e. The first kappa shape index (κ1) is 18.9. The van der Waals surface area contributed by atoms with E-state index in [2.05, 4.69) is 4.90 Å². The zero-order valence-corrected chi connectivity index (χ0v) is 16.1. The van der Waals surface area contributed by atoms with Crippen molar-refractivity contribution in [2.75, 3.05) is 6.26 Å². The number of carboxylic acids is 1. The van der Waals surface area contributed by atoms with Gasteiger partial charge >= 0.3 is 5.97 Å². The molecular weight excluding hydrogens is 378 g/mol. The van der Waals surface area contributed by atoms with Crippen LogP contribution in [0.15, 0.2) is 72.3 Å². The maximum absolute atomic E-state index is 11.7. The van der Waals surface area contributed by atoms with Gasteiger partial charge in [0.05, 0.1) is 24.4 Å². The van der Waals surface area contributed by atoms with Gasteiger partial charge < -0.3 is 5.11 Å². The highest BCUT2D eigenvalue weighted by molar-refractivity contribution is 7.86. The van der Waals surface area contributed by atoms with E-state index in [1.807, 2.05) is 60.7 Å². The molecule has 1 saturated heterocycles. The average Bonchev–Trinajstić information content (AvgIpc) is 3.37. The summed E-state index contributed by atoms with van der Waals surface area (Å²) in [5.74, 6) is -1.04. The SMILES string of the molecule is CS(=O)(=O)O[C@@H]1CC(C(=O)O)=C[C@@H]2[C@H]1N2C(c1ccccc1)c1ccccc1. The van der Waals surface area contributed by atoms with E-state index < -0.39 is 22.2 Å². The van der Waals surface area contributed by atoms with Crippen LogP contribution in [0.25, 0.3) is 0 Å². The van der Waals surface area contributed by atoms with E-state index in [4.69, 9.17) is 4.18 Å². The van der Waals surface area contributed by atoms with E-state index in [-0.39, 0.29) is 30.1 Å². The number of benzene rings is 2. The lowest BCUT2D eigenvalue weighted by Crippen LogP contribution is -2.30. The van der Waals surface area contributed by atoms with Crippen molar-refractivity contribution < 1.29 is 22.5 Å². The first-order chi connectivity index (χ1) is 13.3. The third-order valence-electron chi connectivity index (χ3n) is 5.22. The summed E-state index contributed by atoms with van der Waals surface area (Å²) in [6.07, 6.45) is 2.08. The maximum atomic E-state index is 11.7. The van der Waals surface area contributed by atoms with Crippen molar-refractivity contribution in [2.24, 2.45) is 0 Å². The van der Waals surface area contributed by atoms with Crippen LogP contribution in [0.4, 0.5) is 0 Å². The van der Waals surface area contributed by atoms with Crippen molar-refractivity contribution >= 4 is 16.1 Å². The van der Waals surface area contributed by atoms with E-state index in [0.29, 0.717) is 0 Å². The highest BCUT2D eigenvalue weighted by Gasteiger charge is 2.58. The van der Waals surface area contributed by atoms with E-state index in [1.54, 1.807) is 6.08 Å². The molecule has 1 aliphatic heterocycles. The van der Waals surface area contributed by atoms with Crippen LogP contribution in [-0.2, 0) is 19.1 Å². The van der Waals surface area contributed by atoms with Crippen LogP contribution < -0.4 is 0 Å². The molecule has 0 aromatic heterocycles. The summed E-state index contributed by atoms with van der Waals surface area (Å²) in [7, 11) is -3.70. The number of hydrogen-bond donors (Lipinski definition) is 1. The molecule has 2 aliphatic rings. The lowest BCUT2D eigenvalue weighted by Gasteiger charge is -2.23. The molecule has 0 amide bonds. The monoisotopic (exact) mass is 399 g/mol. The van der Waals surface area contributed by atoms with Crippen LogP contribution in [0.3, 0.4) is 0 Å². The highest BCUT2D eigenvalue weighted by Crippen LogP contribution is 2.49. The maximum Gasteiger partial charge on any atom is 0.331 e. The van der Waals surface area contributed by atoms with Crippen LogP contribution in [-0.4, -0.2) is 48.8 Å². The van der Waals surface area contributed by atoms with Crippen LogP contribution in [0.2, 0.25) is 0 Å². The van der Waals surface area contributed by atoms with E-state index in [0.717, 1.165) is 17.4 Å². The molecule has 0 bridgehead atoms. The molecule has 28 heavy (non-hydrogen) atoms. The summed E-state index contributed by atoms with van der Waals surface area (Å²) in [6, 6.07) is 19.3. The van der Waals surface area contributed by atoms with E-state index in [9.17, 15) is 18.3 Å². The summed E-state index contributed by atoms with van der Waals surface area (Å²) in [5, 5.41) is 9.46. The Hall–Kier alpha value is -2.48. The smallest absolute Gasteiger partial charge is 0.331 e. The summed E-state index contributed by atoms with van der Waals surface area (Å²) < 4.78 is 28.8. The standard InChI is InChI=1S/C21H21NO5S/c1-28(25,26)27-18-13-16(21(23)24)12-17-20(18)22(17)19(14-8-4-2-5-9-14)15-10-6-3-7-11-15/h2-12,17-20H,13H2,1H3,(H,23,24)/t17-,18-,20-,22?/m1/s1. The third kappa shape index (κ3) is 3.73. The lowest BCUT2D eigenvalue weighted by atomic mass is 9.97. The second-order valence-corrected chi connectivity index (χ2v) is 8.79. The van der Waals surface area contributed by atoms with Crippen LogP contribution in [0.5, 0.6) is 0 Å². The first-order valence-corrected chi connectivity index (χ1v) is 10.9. The zero-order chi connectivity index (χ0) is 19.9. The fourth-order valence-corrected chi connectivity index (χ4v) is 4.75. The summed E-state index contributed by atoms with van der Waals surface area (Å²) in [4.78, 5) is 13.7. The molecule has 1 unspecified atom stereocenters. The van der Waals surface area contributed by atoms with Crippen molar-refractivity contribution in [3.63, 3.8) is 0 Å². The molecule has 146 valence electrons. The Balaban J connectivity index is 1.74. The summed E-state index contributed by atoms with van der Waals surface area (Å²) in [6.45, 7) is 0. The molecular formula is C21H21NO5S. The molecule has 2 aromatic rings. The Morgan fingerprint density at radius 1 is 1.07 bits per heavy atom. The molecule has 6 nitrogen and oxygen atoms in total. The molecule has 0 radical (unpaired) electrons. The van der Waals surface area contributed by atoms with E-state index >= 15 is 0 Å². The first-order valence-electron chi connectivity index (χ1n) is 9.05. The summed E-state index contributed by atoms with van der Waals surface area (Å²) >= 11 is 0. The van der Waals surface area contributed by atoms with Gasteiger partial charge in [-0.15, -0.1) is 0 Å². The lowest BCUT2D eigenvalue weighted by molar-refractivity contribution is -0.133. The number of rotatable bonds is 6. The fraction of sp³-hybridized carbons (Fsp3) is 0.286. The van der Waals surface area contributed by atoms with Crippen molar-refractivity contribution in [1.82, 2.24) is 4.90 Å². The van der Waals surface area contributed by atoms with Gasteiger partial charge in [-0.3, -0.25) is 9.08 Å². The number of fused-ring (bicyclic) bond motifs is 1. The average molecular weight is 399 g/mol. The van der Waals surface area contributed by atoms with Crippen LogP contribution >= 0.6 is 0 Å². The van der Waals surface area contributed by atoms with Crippen molar-refractivity contribution in [2.45, 2.75) is 30.7 Å². The van der Waals surface area contributed by atoms with Gasteiger partial charge in [0.1, 0.15) is 0 Å². The molecule has 2 aromatic carbocycles. The Kier molecular flexibility index (Phi) is 4.82. The number of aliphatic carboxylic acids is 1. The predicted octanol–water partition coefficient (Wildman–Crippen LogP) is 2.59. The Morgan fingerprint density at radius 2 is 1.61 bits per heavy atom. The topological polar surface area (TPSA) is 83.7 Å². The summed E-state index contributed by atoms with van der Waals surface area (Å²) in [5.41, 5.74) is 2.32. The minimum atomic E-state index is -3.70. The minimum Gasteiger partial charge on any atom is -0.478 e. The molecule has 4 rings (SSSR count). The highest BCUT2D eigenvalue weighted by atomic mass is 32.2. The molecule has 1 N–H and O–H groups in total. The van der Waals surface area contributed by atoms with E-state index in [1.165, 1.54) is 0 Å². The molecule has 1 heterocycles. The molecule has 0 spiro atoms. The Bertz CT molecular complexity index is 964. The second kappa shape index (κ2) is 7.16. The molecule has 1 fully saturated rings. The van der Waals surface area contributed by atoms with Gasteiger partial charge in [0.15, 0.2) is 0 Å². The van der Waals surface area contributed by atoms with Gasteiger partial charge in [0, 0.05) is 18.0 Å². The predicted molar refractivity (Wildman–Crippen MR) is 104 cm³/mol. The number of nitrogens with zero attached hydrogens (tertiary/aromatic N) is 1. The third-order valence-corrected chi connectivity index (χ3v) is 5.82. The normalized spacial score (nSPS) is 26.4. The molecule has 4 atom stereocenters. The van der Waals surface area contributed by atoms with Gasteiger partial charge in [-0.2, -0.15) is 8.42 Å². The van der Waals surface area contributed by atoms with Gasteiger partial charge in [-0.25, -0.2) is 4.79 Å². The number of carbonyl (C=O) groups is 1. The van der Waals surface area contributed by atoms with Crippen molar-refractivity contribution in [3.8, 4) is 0 Å². The van der Waals surface area contributed by atoms with Crippen LogP contribution in [0, 0.1) is 0 Å². The van der Waals surface area contributed by atoms with Crippen molar-refractivity contribution in [3.05, 3.63) is 83.4 Å². The number of carboxylic acid groups (broad SMARTS) is 1. The minimum absolute atomic E-state index is 0.0658.